The average molecular weight is 297 g/mol. The zero-order valence-corrected chi connectivity index (χ0v) is 11.4. The standard InChI is InChI=1S/C12H15ClF2N2.ClH/c13-11-7-9(15)1-2-10(11)12(8-14)17-5-3-16-4-6-17;/h1-2,7,12,16H,3-6,8H2;1H/t12-;/m0./s1. The molecule has 0 aliphatic carbocycles. The minimum absolute atomic E-state index is 0. The van der Waals surface area contributed by atoms with Crippen molar-refractivity contribution in [3.63, 3.8) is 0 Å². The molecule has 0 aromatic heterocycles. The lowest BCUT2D eigenvalue weighted by Gasteiger charge is -2.34. The number of benzene rings is 1. The highest BCUT2D eigenvalue weighted by atomic mass is 35.5. The Kier molecular flexibility index (Phi) is 6.29. The van der Waals surface area contributed by atoms with Crippen LogP contribution in [-0.2, 0) is 0 Å². The van der Waals surface area contributed by atoms with Gasteiger partial charge in [0.2, 0.25) is 0 Å². The number of rotatable bonds is 3. The van der Waals surface area contributed by atoms with E-state index in [0.29, 0.717) is 10.6 Å². The molecule has 1 aliphatic rings. The highest BCUT2D eigenvalue weighted by Gasteiger charge is 2.23. The van der Waals surface area contributed by atoms with Crippen molar-refractivity contribution in [2.24, 2.45) is 0 Å². The minimum Gasteiger partial charge on any atom is -0.314 e. The number of piperazine rings is 1. The van der Waals surface area contributed by atoms with Crippen LogP contribution in [0.1, 0.15) is 11.6 Å². The van der Waals surface area contributed by atoms with Crippen molar-refractivity contribution in [3.8, 4) is 0 Å². The molecular weight excluding hydrogens is 281 g/mol. The van der Waals surface area contributed by atoms with E-state index in [1.165, 1.54) is 12.1 Å². The van der Waals surface area contributed by atoms with Gasteiger partial charge in [0.1, 0.15) is 12.5 Å². The molecule has 0 radical (unpaired) electrons. The molecule has 1 N–H and O–H groups in total. The fourth-order valence-corrected chi connectivity index (χ4v) is 2.44. The zero-order chi connectivity index (χ0) is 12.3. The summed E-state index contributed by atoms with van der Waals surface area (Å²) < 4.78 is 26.1. The Balaban J connectivity index is 0.00000162. The fourth-order valence-electron chi connectivity index (χ4n) is 2.14. The molecule has 1 heterocycles. The number of halogens is 4. The van der Waals surface area contributed by atoms with Gasteiger partial charge < -0.3 is 5.32 Å². The first kappa shape index (κ1) is 15.6. The van der Waals surface area contributed by atoms with Gasteiger partial charge in [0.05, 0.1) is 6.04 Å². The van der Waals surface area contributed by atoms with Gasteiger partial charge in [-0.25, -0.2) is 8.78 Å². The molecule has 1 atom stereocenters. The van der Waals surface area contributed by atoms with Crippen LogP contribution in [0.4, 0.5) is 8.78 Å². The van der Waals surface area contributed by atoms with E-state index in [4.69, 9.17) is 11.6 Å². The van der Waals surface area contributed by atoms with Crippen LogP contribution in [0.3, 0.4) is 0 Å². The molecule has 1 saturated heterocycles. The lowest BCUT2D eigenvalue weighted by molar-refractivity contribution is 0.147. The lowest BCUT2D eigenvalue weighted by Crippen LogP contribution is -2.45. The van der Waals surface area contributed by atoms with E-state index in [-0.39, 0.29) is 18.4 Å². The first-order valence-corrected chi connectivity index (χ1v) is 6.06. The van der Waals surface area contributed by atoms with Crippen molar-refractivity contribution in [2.75, 3.05) is 32.9 Å². The van der Waals surface area contributed by atoms with Gasteiger partial charge in [-0.15, -0.1) is 12.4 Å². The number of hydrogen-bond acceptors (Lipinski definition) is 2. The van der Waals surface area contributed by atoms with Gasteiger partial charge in [0.25, 0.3) is 0 Å². The van der Waals surface area contributed by atoms with Gasteiger partial charge in [-0.05, 0) is 17.7 Å². The Morgan fingerprint density at radius 2 is 2.00 bits per heavy atom. The van der Waals surface area contributed by atoms with E-state index >= 15 is 0 Å². The van der Waals surface area contributed by atoms with Gasteiger partial charge in [-0.1, -0.05) is 17.7 Å². The predicted molar refractivity (Wildman–Crippen MR) is 71.8 cm³/mol. The highest BCUT2D eigenvalue weighted by Crippen LogP contribution is 2.28. The molecule has 102 valence electrons. The normalized spacial score (nSPS) is 18.2. The molecule has 0 unspecified atom stereocenters. The van der Waals surface area contributed by atoms with E-state index in [2.05, 4.69) is 5.32 Å². The maximum atomic E-state index is 13.2. The molecule has 0 saturated carbocycles. The Hall–Kier alpha value is -0.420. The molecule has 0 bridgehead atoms. The van der Waals surface area contributed by atoms with Gasteiger partial charge >= 0.3 is 0 Å². The summed E-state index contributed by atoms with van der Waals surface area (Å²) in [4.78, 5) is 2.04. The van der Waals surface area contributed by atoms with Crippen LogP contribution < -0.4 is 5.32 Å². The van der Waals surface area contributed by atoms with Gasteiger partial charge in [-0.3, -0.25) is 4.90 Å². The highest BCUT2D eigenvalue weighted by molar-refractivity contribution is 6.31. The molecule has 0 amide bonds. The maximum absolute atomic E-state index is 13.2. The van der Waals surface area contributed by atoms with Crippen LogP contribution in [0.5, 0.6) is 0 Å². The molecule has 1 aromatic carbocycles. The third-order valence-electron chi connectivity index (χ3n) is 3.06. The largest absolute Gasteiger partial charge is 0.314 e. The van der Waals surface area contributed by atoms with E-state index in [9.17, 15) is 8.78 Å². The number of alkyl halides is 1. The molecule has 18 heavy (non-hydrogen) atoms. The van der Waals surface area contributed by atoms with Crippen molar-refractivity contribution >= 4 is 24.0 Å². The quantitative estimate of drug-likeness (QED) is 0.923. The minimum atomic E-state index is -0.509. The molecule has 1 aromatic rings. The van der Waals surface area contributed by atoms with Crippen molar-refractivity contribution in [3.05, 3.63) is 34.6 Å². The van der Waals surface area contributed by atoms with Crippen molar-refractivity contribution < 1.29 is 8.78 Å². The van der Waals surface area contributed by atoms with Crippen LogP contribution in [0.2, 0.25) is 5.02 Å². The molecule has 1 aliphatic heterocycles. The molecule has 2 nitrogen and oxygen atoms in total. The summed E-state index contributed by atoms with van der Waals surface area (Å²) in [6.07, 6.45) is 0. The topological polar surface area (TPSA) is 15.3 Å². The maximum Gasteiger partial charge on any atom is 0.124 e. The van der Waals surface area contributed by atoms with Crippen LogP contribution >= 0.6 is 24.0 Å². The summed E-state index contributed by atoms with van der Waals surface area (Å²) in [5, 5.41) is 3.51. The monoisotopic (exact) mass is 296 g/mol. The van der Waals surface area contributed by atoms with Gasteiger partial charge in [-0.2, -0.15) is 0 Å². The van der Waals surface area contributed by atoms with Crippen molar-refractivity contribution in [2.45, 2.75) is 6.04 Å². The zero-order valence-electron chi connectivity index (χ0n) is 9.83. The van der Waals surface area contributed by atoms with Crippen LogP contribution in [0.15, 0.2) is 18.2 Å². The first-order valence-electron chi connectivity index (χ1n) is 5.68. The van der Waals surface area contributed by atoms with Crippen LogP contribution in [0, 0.1) is 5.82 Å². The third-order valence-corrected chi connectivity index (χ3v) is 3.39. The van der Waals surface area contributed by atoms with Crippen molar-refractivity contribution in [1.82, 2.24) is 10.2 Å². The molecule has 2 rings (SSSR count). The third kappa shape index (κ3) is 3.54. The second kappa shape index (κ2) is 7.24. The van der Waals surface area contributed by atoms with E-state index in [1.54, 1.807) is 6.07 Å². The van der Waals surface area contributed by atoms with Crippen LogP contribution in [-0.4, -0.2) is 37.8 Å². The second-order valence-corrected chi connectivity index (χ2v) is 4.53. The second-order valence-electron chi connectivity index (χ2n) is 4.12. The summed E-state index contributed by atoms with van der Waals surface area (Å²) in [7, 11) is 0. The summed E-state index contributed by atoms with van der Waals surface area (Å²) in [6, 6.07) is 3.77. The van der Waals surface area contributed by atoms with E-state index in [1.807, 2.05) is 4.90 Å². The summed E-state index contributed by atoms with van der Waals surface area (Å²) in [5.74, 6) is -0.392. The molecular formula is C12H16Cl2F2N2. The van der Waals surface area contributed by atoms with Gasteiger partial charge in [0, 0.05) is 31.2 Å². The van der Waals surface area contributed by atoms with Crippen LogP contribution in [0.25, 0.3) is 0 Å². The number of nitrogens with one attached hydrogen (secondary N) is 1. The van der Waals surface area contributed by atoms with Gasteiger partial charge in [0.15, 0.2) is 0 Å². The molecule has 1 fully saturated rings. The lowest BCUT2D eigenvalue weighted by atomic mass is 10.1. The average Bonchev–Trinajstić information content (AvgIpc) is 2.34. The summed E-state index contributed by atoms with van der Waals surface area (Å²) in [5.41, 5.74) is 0.664. The first-order chi connectivity index (χ1) is 8.22. The Labute approximate surface area is 117 Å². The summed E-state index contributed by atoms with van der Waals surface area (Å²) >= 11 is 5.97. The van der Waals surface area contributed by atoms with E-state index in [0.717, 1.165) is 26.2 Å². The SMILES string of the molecule is Cl.FC[C@@H](c1ccc(F)cc1Cl)N1CCNCC1. The smallest absolute Gasteiger partial charge is 0.124 e. The molecule has 6 heteroatoms. The van der Waals surface area contributed by atoms with E-state index < -0.39 is 12.5 Å². The Morgan fingerprint density at radius 1 is 1.33 bits per heavy atom. The number of nitrogens with zero attached hydrogens (tertiary/aromatic N) is 1. The Bertz CT molecular complexity index is 384. The molecule has 0 spiro atoms. The fraction of sp³-hybridized carbons (Fsp3) is 0.500. The summed E-state index contributed by atoms with van der Waals surface area (Å²) in [6.45, 7) is 2.74. The number of hydrogen-bond donors (Lipinski definition) is 1. The Morgan fingerprint density at radius 3 is 2.56 bits per heavy atom. The van der Waals surface area contributed by atoms with Crippen molar-refractivity contribution in [1.29, 1.82) is 0 Å². The predicted octanol–water partition coefficient (Wildman–Crippen LogP) is 2.82.